The Labute approximate surface area is 87.7 Å². The smallest absolute Gasteiger partial charge is 0.127 e. The van der Waals surface area contributed by atoms with Gasteiger partial charge in [-0.1, -0.05) is 6.42 Å². The summed E-state index contributed by atoms with van der Waals surface area (Å²) in [4.78, 5) is 0. The first kappa shape index (κ1) is 10.6. The van der Waals surface area contributed by atoms with E-state index >= 15 is 0 Å². The maximum absolute atomic E-state index is 13.7. The second-order valence-electron chi connectivity index (χ2n) is 4.37. The molecule has 1 aromatic carbocycles. The molecule has 0 atom stereocenters. The summed E-state index contributed by atoms with van der Waals surface area (Å²) in [5.74, 6) is -0.797. The van der Waals surface area contributed by atoms with Crippen molar-refractivity contribution in [2.45, 2.75) is 31.6 Å². The molecule has 15 heavy (non-hydrogen) atoms. The second-order valence-corrected chi connectivity index (χ2v) is 4.37. The molecule has 1 aliphatic rings. The Kier molecular flexibility index (Phi) is 2.51. The topological polar surface area (TPSA) is 20.2 Å². The summed E-state index contributed by atoms with van der Waals surface area (Å²) in [7, 11) is 0. The highest BCUT2D eigenvalue weighted by molar-refractivity contribution is 5.33. The van der Waals surface area contributed by atoms with E-state index in [-0.39, 0.29) is 6.61 Å². The quantitative estimate of drug-likeness (QED) is 0.799. The highest BCUT2D eigenvalue weighted by atomic mass is 19.1. The molecule has 1 nitrogen and oxygen atoms in total. The van der Waals surface area contributed by atoms with Crippen LogP contribution in [0.5, 0.6) is 0 Å². The number of hydrogen-bond acceptors (Lipinski definition) is 1. The number of aryl methyl sites for hydroxylation is 1. The van der Waals surface area contributed by atoms with Gasteiger partial charge < -0.3 is 5.11 Å². The van der Waals surface area contributed by atoms with Gasteiger partial charge in [0.05, 0.1) is 6.61 Å². The Morgan fingerprint density at radius 1 is 1.27 bits per heavy atom. The molecule has 82 valence electrons. The molecule has 0 saturated heterocycles. The molecule has 0 radical (unpaired) electrons. The zero-order valence-electron chi connectivity index (χ0n) is 8.69. The molecule has 0 spiro atoms. The van der Waals surface area contributed by atoms with E-state index < -0.39 is 17.0 Å². The van der Waals surface area contributed by atoms with Gasteiger partial charge in [0.15, 0.2) is 0 Å². The van der Waals surface area contributed by atoms with Crippen LogP contribution < -0.4 is 0 Å². The number of aliphatic hydroxyl groups is 1. The predicted molar refractivity (Wildman–Crippen MR) is 53.7 cm³/mol. The molecule has 0 aromatic heterocycles. The van der Waals surface area contributed by atoms with Crippen molar-refractivity contribution in [1.29, 1.82) is 0 Å². The third kappa shape index (κ3) is 1.55. The predicted octanol–water partition coefficient (Wildman–Crippen LogP) is 2.69. The number of benzene rings is 1. The van der Waals surface area contributed by atoms with E-state index in [1.807, 2.05) is 0 Å². The summed E-state index contributed by atoms with van der Waals surface area (Å²) in [5, 5.41) is 9.29. The molecule has 2 rings (SSSR count). The Hall–Kier alpha value is -0.960. The first-order chi connectivity index (χ1) is 7.09. The number of rotatable bonds is 2. The zero-order valence-corrected chi connectivity index (χ0v) is 8.69. The van der Waals surface area contributed by atoms with Crippen LogP contribution in [0, 0.1) is 18.6 Å². The highest BCUT2D eigenvalue weighted by Gasteiger charge is 2.40. The largest absolute Gasteiger partial charge is 0.395 e. The molecule has 0 heterocycles. The van der Waals surface area contributed by atoms with E-state index in [2.05, 4.69) is 0 Å². The van der Waals surface area contributed by atoms with Gasteiger partial charge in [-0.05, 0) is 43.0 Å². The summed E-state index contributed by atoms with van der Waals surface area (Å²) in [6.45, 7) is 1.43. The first-order valence-electron chi connectivity index (χ1n) is 5.16. The minimum Gasteiger partial charge on any atom is -0.395 e. The Morgan fingerprint density at radius 3 is 2.40 bits per heavy atom. The van der Waals surface area contributed by atoms with E-state index in [4.69, 9.17) is 0 Å². The van der Waals surface area contributed by atoms with Gasteiger partial charge in [-0.15, -0.1) is 0 Å². The summed E-state index contributed by atoms with van der Waals surface area (Å²) in [6.07, 6.45) is 2.45. The zero-order chi connectivity index (χ0) is 11.1. The van der Waals surface area contributed by atoms with Crippen molar-refractivity contribution < 1.29 is 13.9 Å². The van der Waals surface area contributed by atoms with Crippen LogP contribution in [0.15, 0.2) is 12.1 Å². The van der Waals surface area contributed by atoms with Crippen LogP contribution in [0.3, 0.4) is 0 Å². The van der Waals surface area contributed by atoms with Crippen molar-refractivity contribution in [2.24, 2.45) is 0 Å². The SMILES string of the molecule is Cc1cc(F)c(C2(CO)CCC2)cc1F. The first-order valence-corrected chi connectivity index (χ1v) is 5.16. The molecule has 0 aliphatic heterocycles. The lowest BCUT2D eigenvalue weighted by Gasteiger charge is -2.41. The van der Waals surface area contributed by atoms with Gasteiger partial charge in [-0.2, -0.15) is 0 Å². The van der Waals surface area contributed by atoms with Crippen LogP contribution in [0.1, 0.15) is 30.4 Å². The molecule has 1 fully saturated rings. The molecule has 1 N–H and O–H groups in total. The van der Waals surface area contributed by atoms with Crippen LogP contribution in [-0.2, 0) is 5.41 Å². The Morgan fingerprint density at radius 2 is 1.93 bits per heavy atom. The van der Waals surface area contributed by atoms with Crippen molar-refractivity contribution in [3.63, 3.8) is 0 Å². The van der Waals surface area contributed by atoms with Crippen molar-refractivity contribution in [3.05, 3.63) is 34.9 Å². The van der Waals surface area contributed by atoms with Crippen molar-refractivity contribution in [2.75, 3.05) is 6.61 Å². The molecule has 1 saturated carbocycles. The van der Waals surface area contributed by atoms with Crippen LogP contribution in [-0.4, -0.2) is 11.7 Å². The summed E-state index contributed by atoms with van der Waals surface area (Å²) < 4.78 is 27.0. The van der Waals surface area contributed by atoms with Crippen LogP contribution in [0.2, 0.25) is 0 Å². The lowest BCUT2D eigenvalue weighted by atomic mass is 9.65. The number of halogens is 2. The minimum absolute atomic E-state index is 0.105. The second kappa shape index (κ2) is 3.56. The fourth-order valence-corrected chi connectivity index (χ4v) is 2.17. The number of aliphatic hydroxyl groups excluding tert-OH is 1. The lowest BCUT2D eigenvalue weighted by molar-refractivity contribution is 0.116. The van der Waals surface area contributed by atoms with Crippen molar-refractivity contribution in [1.82, 2.24) is 0 Å². The van der Waals surface area contributed by atoms with Crippen molar-refractivity contribution in [3.8, 4) is 0 Å². The molecule has 1 aliphatic carbocycles. The van der Waals surface area contributed by atoms with Crippen LogP contribution in [0.25, 0.3) is 0 Å². The summed E-state index contributed by atoms with van der Waals surface area (Å²) in [6, 6.07) is 2.44. The van der Waals surface area contributed by atoms with Gasteiger partial charge in [-0.3, -0.25) is 0 Å². The average Bonchev–Trinajstić information content (AvgIpc) is 2.12. The van der Waals surface area contributed by atoms with Gasteiger partial charge in [0.25, 0.3) is 0 Å². The van der Waals surface area contributed by atoms with Gasteiger partial charge in [-0.25, -0.2) is 8.78 Å². The molecular weight excluding hydrogens is 198 g/mol. The van der Waals surface area contributed by atoms with Crippen LogP contribution in [0.4, 0.5) is 8.78 Å². The van der Waals surface area contributed by atoms with E-state index in [1.54, 1.807) is 0 Å². The van der Waals surface area contributed by atoms with Crippen molar-refractivity contribution >= 4 is 0 Å². The normalized spacial score (nSPS) is 18.7. The fourth-order valence-electron chi connectivity index (χ4n) is 2.17. The van der Waals surface area contributed by atoms with E-state index in [0.717, 1.165) is 19.3 Å². The molecule has 0 unspecified atom stereocenters. The van der Waals surface area contributed by atoms with E-state index in [1.165, 1.54) is 19.1 Å². The Balaban J connectivity index is 2.47. The van der Waals surface area contributed by atoms with E-state index in [0.29, 0.717) is 11.1 Å². The number of hydrogen-bond donors (Lipinski definition) is 1. The summed E-state index contributed by atoms with van der Waals surface area (Å²) in [5.41, 5.74) is 0.113. The Bertz CT molecular complexity index is 378. The van der Waals surface area contributed by atoms with Crippen LogP contribution >= 0.6 is 0 Å². The molecular formula is C12H14F2O. The molecule has 0 bridgehead atoms. The van der Waals surface area contributed by atoms with E-state index in [9.17, 15) is 13.9 Å². The average molecular weight is 212 g/mol. The summed E-state index contributed by atoms with van der Waals surface area (Å²) >= 11 is 0. The minimum atomic E-state index is -0.529. The standard InChI is InChI=1S/C12H14F2O/c1-8-5-11(14)9(6-10(8)13)12(7-15)3-2-4-12/h5-6,15H,2-4,7H2,1H3. The molecule has 3 heteroatoms. The van der Waals surface area contributed by atoms with Gasteiger partial charge in [0, 0.05) is 5.41 Å². The van der Waals surface area contributed by atoms with Gasteiger partial charge in [0.2, 0.25) is 0 Å². The monoisotopic (exact) mass is 212 g/mol. The molecule has 1 aromatic rings. The van der Waals surface area contributed by atoms with Gasteiger partial charge in [0.1, 0.15) is 11.6 Å². The third-order valence-electron chi connectivity index (χ3n) is 3.43. The maximum Gasteiger partial charge on any atom is 0.127 e. The fraction of sp³-hybridized carbons (Fsp3) is 0.500. The third-order valence-corrected chi connectivity index (χ3v) is 3.43. The maximum atomic E-state index is 13.7. The highest BCUT2D eigenvalue weighted by Crippen LogP contribution is 2.44. The van der Waals surface area contributed by atoms with Gasteiger partial charge >= 0.3 is 0 Å². The molecule has 0 amide bonds. The lowest BCUT2D eigenvalue weighted by Crippen LogP contribution is -2.38.